The maximum atomic E-state index is 11.6. The minimum absolute atomic E-state index is 0.150. The number of nitrogens with one attached hydrogen (secondary N) is 1. The fourth-order valence-electron chi connectivity index (χ4n) is 2.10. The van der Waals surface area contributed by atoms with Crippen LogP contribution in [0.4, 0.5) is 0 Å². The maximum Gasteiger partial charge on any atom is 0.323 e. The summed E-state index contributed by atoms with van der Waals surface area (Å²) in [5, 5.41) is 3.38. The zero-order valence-corrected chi connectivity index (χ0v) is 12.8. The van der Waals surface area contributed by atoms with Crippen LogP contribution in [0.5, 0.6) is 0 Å². The van der Waals surface area contributed by atoms with Crippen LogP contribution in [-0.2, 0) is 9.53 Å². The molecule has 0 aliphatic carbocycles. The van der Waals surface area contributed by atoms with Crippen LogP contribution in [0.3, 0.4) is 0 Å². The Morgan fingerprint density at radius 3 is 2.22 bits per heavy atom. The molecule has 0 spiro atoms. The van der Waals surface area contributed by atoms with Gasteiger partial charge in [0.25, 0.3) is 0 Å². The quantitative estimate of drug-likeness (QED) is 0.480. The van der Waals surface area contributed by atoms with Crippen molar-refractivity contribution < 1.29 is 9.53 Å². The van der Waals surface area contributed by atoms with Gasteiger partial charge in [-0.25, -0.2) is 0 Å². The molecule has 0 aromatic carbocycles. The highest BCUT2D eigenvalue weighted by Gasteiger charge is 2.23. The van der Waals surface area contributed by atoms with Crippen molar-refractivity contribution >= 4 is 5.97 Å². The molecule has 1 N–H and O–H groups in total. The smallest absolute Gasteiger partial charge is 0.323 e. The molecule has 1 unspecified atom stereocenters. The minimum Gasteiger partial charge on any atom is -0.468 e. The summed E-state index contributed by atoms with van der Waals surface area (Å²) < 4.78 is 4.83. The van der Waals surface area contributed by atoms with Gasteiger partial charge in [-0.2, -0.15) is 0 Å². The lowest BCUT2D eigenvalue weighted by molar-refractivity contribution is -0.144. The summed E-state index contributed by atoms with van der Waals surface area (Å²) in [7, 11) is 1.45. The molecule has 0 heterocycles. The van der Waals surface area contributed by atoms with Gasteiger partial charge in [-0.3, -0.25) is 4.79 Å². The van der Waals surface area contributed by atoms with E-state index in [0.717, 1.165) is 6.42 Å². The van der Waals surface area contributed by atoms with Crippen molar-refractivity contribution in [1.82, 2.24) is 5.32 Å². The highest BCUT2D eigenvalue weighted by molar-refractivity contribution is 5.75. The second-order valence-corrected chi connectivity index (χ2v) is 5.52. The molecule has 0 aliphatic rings. The van der Waals surface area contributed by atoms with E-state index in [9.17, 15) is 4.79 Å². The van der Waals surface area contributed by atoms with Crippen LogP contribution in [-0.4, -0.2) is 25.2 Å². The van der Waals surface area contributed by atoms with Gasteiger partial charge in [0.05, 0.1) is 7.11 Å². The van der Waals surface area contributed by atoms with Gasteiger partial charge in [-0.05, 0) is 19.3 Å². The summed E-state index contributed by atoms with van der Waals surface area (Å²) in [6.07, 6.45) is 7.60. The molecule has 0 aromatic heterocycles. The third kappa shape index (κ3) is 7.70. The average molecular weight is 257 g/mol. The van der Waals surface area contributed by atoms with E-state index >= 15 is 0 Å². The summed E-state index contributed by atoms with van der Waals surface area (Å²) in [5.41, 5.74) is 0. The Morgan fingerprint density at radius 1 is 1.11 bits per heavy atom. The molecule has 0 saturated carbocycles. The maximum absolute atomic E-state index is 11.6. The first-order valence-corrected chi connectivity index (χ1v) is 7.36. The normalized spacial score (nSPS) is 14.6. The number of ether oxygens (including phenoxy) is 1. The van der Waals surface area contributed by atoms with E-state index in [1.165, 1.54) is 39.2 Å². The Hall–Kier alpha value is -0.570. The number of unbranched alkanes of at least 4 members (excludes halogenated alkanes) is 4. The molecule has 0 amide bonds. The standard InChI is InChI=1S/C15H31NO2/c1-6-7-8-9-10-11-13(4)16-14(12(2)3)15(17)18-5/h12-14,16H,6-11H2,1-5H3/t13?,14-/m1/s1. The van der Waals surface area contributed by atoms with E-state index in [1.54, 1.807) is 0 Å². The van der Waals surface area contributed by atoms with Crippen LogP contribution in [0.1, 0.15) is 66.2 Å². The van der Waals surface area contributed by atoms with E-state index in [4.69, 9.17) is 4.74 Å². The van der Waals surface area contributed by atoms with Gasteiger partial charge in [0.15, 0.2) is 0 Å². The van der Waals surface area contributed by atoms with Crippen LogP contribution < -0.4 is 5.32 Å². The molecular weight excluding hydrogens is 226 g/mol. The van der Waals surface area contributed by atoms with E-state index in [1.807, 2.05) is 13.8 Å². The number of carbonyl (C=O) groups is 1. The molecule has 0 fully saturated rings. The minimum atomic E-state index is -0.180. The number of esters is 1. The molecule has 18 heavy (non-hydrogen) atoms. The average Bonchev–Trinajstić information content (AvgIpc) is 2.34. The first kappa shape index (κ1) is 17.4. The Bertz CT molecular complexity index is 217. The molecule has 0 saturated heterocycles. The molecule has 0 aromatic rings. The molecule has 3 nitrogen and oxygen atoms in total. The van der Waals surface area contributed by atoms with Gasteiger partial charge < -0.3 is 10.1 Å². The molecular formula is C15H31NO2. The number of hydrogen-bond donors (Lipinski definition) is 1. The van der Waals surface area contributed by atoms with Gasteiger partial charge in [-0.15, -0.1) is 0 Å². The summed E-state index contributed by atoms with van der Waals surface area (Å²) >= 11 is 0. The first-order valence-electron chi connectivity index (χ1n) is 7.36. The van der Waals surface area contributed by atoms with E-state index in [2.05, 4.69) is 19.2 Å². The van der Waals surface area contributed by atoms with E-state index in [-0.39, 0.29) is 17.9 Å². The number of hydrogen-bond acceptors (Lipinski definition) is 3. The largest absolute Gasteiger partial charge is 0.468 e. The Morgan fingerprint density at radius 2 is 1.72 bits per heavy atom. The van der Waals surface area contributed by atoms with Crippen molar-refractivity contribution in [3.63, 3.8) is 0 Å². The number of rotatable bonds is 10. The van der Waals surface area contributed by atoms with E-state index < -0.39 is 0 Å². The molecule has 0 bridgehead atoms. The summed E-state index contributed by atoms with van der Waals surface area (Å²) in [6, 6.07) is 0.193. The van der Waals surface area contributed by atoms with Gasteiger partial charge in [0.2, 0.25) is 0 Å². The van der Waals surface area contributed by atoms with Gasteiger partial charge in [0.1, 0.15) is 6.04 Å². The van der Waals surface area contributed by atoms with Crippen molar-refractivity contribution in [2.75, 3.05) is 7.11 Å². The molecule has 108 valence electrons. The molecule has 0 aliphatic heterocycles. The highest BCUT2D eigenvalue weighted by Crippen LogP contribution is 2.10. The zero-order chi connectivity index (χ0) is 14.0. The highest BCUT2D eigenvalue weighted by atomic mass is 16.5. The second-order valence-electron chi connectivity index (χ2n) is 5.52. The Kier molecular flexibility index (Phi) is 10.0. The van der Waals surface area contributed by atoms with Crippen LogP contribution in [0.2, 0.25) is 0 Å². The Labute approximate surface area is 113 Å². The molecule has 2 atom stereocenters. The topological polar surface area (TPSA) is 38.3 Å². The summed E-state index contributed by atoms with van der Waals surface area (Å²) in [5.74, 6) is 0.114. The van der Waals surface area contributed by atoms with Crippen molar-refractivity contribution in [2.45, 2.75) is 78.3 Å². The van der Waals surface area contributed by atoms with Crippen molar-refractivity contribution in [3.8, 4) is 0 Å². The summed E-state index contributed by atoms with van der Waals surface area (Å²) in [6.45, 7) is 8.47. The van der Waals surface area contributed by atoms with E-state index in [0.29, 0.717) is 6.04 Å². The molecule has 0 radical (unpaired) electrons. The second kappa shape index (κ2) is 10.4. The zero-order valence-electron chi connectivity index (χ0n) is 12.8. The van der Waals surface area contributed by atoms with Crippen LogP contribution >= 0.6 is 0 Å². The molecule has 3 heteroatoms. The predicted octanol–water partition coefficient (Wildman–Crippen LogP) is 3.52. The lowest BCUT2D eigenvalue weighted by Crippen LogP contribution is -2.46. The SMILES string of the molecule is CCCCCCCC(C)N[C@@H](C(=O)OC)C(C)C. The lowest BCUT2D eigenvalue weighted by Gasteiger charge is -2.24. The van der Waals surface area contributed by atoms with Crippen LogP contribution in [0.15, 0.2) is 0 Å². The van der Waals surface area contributed by atoms with Gasteiger partial charge >= 0.3 is 5.97 Å². The van der Waals surface area contributed by atoms with Crippen molar-refractivity contribution in [3.05, 3.63) is 0 Å². The monoisotopic (exact) mass is 257 g/mol. The van der Waals surface area contributed by atoms with Crippen molar-refractivity contribution in [2.24, 2.45) is 5.92 Å². The van der Waals surface area contributed by atoms with Crippen molar-refractivity contribution in [1.29, 1.82) is 0 Å². The number of carbonyl (C=O) groups excluding carboxylic acids is 1. The predicted molar refractivity (Wildman–Crippen MR) is 76.6 cm³/mol. The lowest BCUT2D eigenvalue weighted by atomic mass is 10.0. The number of methoxy groups -OCH3 is 1. The third-order valence-corrected chi connectivity index (χ3v) is 3.33. The Balaban J connectivity index is 3.88. The first-order chi connectivity index (χ1) is 8.52. The van der Waals surface area contributed by atoms with Crippen LogP contribution in [0.25, 0.3) is 0 Å². The fourth-order valence-corrected chi connectivity index (χ4v) is 2.10. The fraction of sp³-hybridized carbons (Fsp3) is 0.933. The van der Waals surface area contributed by atoms with Crippen LogP contribution in [0, 0.1) is 5.92 Å². The third-order valence-electron chi connectivity index (χ3n) is 3.33. The molecule has 0 rings (SSSR count). The van der Waals surface area contributed by atoms with Gasteiger partial charge in [-0.1, -0.05) is 52.9 Å². The summed E-state index contributed by atoms with van der Waals surface area (Å²) in [4.78, 5) is 11.6. The van der Waals surface area contributed by atoms with Gasteiger partial charge in [0, 0.05) is 6.04 Å².